The normalized spacial score (nSPS) is 21.3. The van der Waals surface area contributed by atoms with E-state index >= 15 is 4.39 Å². The summed E-state index contributed by atoms with van der Waals surface area (Å²) in [5, 5.41) is 9.81. The van der Waals surface area contributed by atoms with Crippen LogP contribution in [0.1, 0.15) is 49.3 Å². The monoisotopic (exact) mass is 640 g/mol. The fourth-order valence-corrected chi connectivity index (χ4v) is 7.59. The average molecular weight is 641 g/mol. The number of amidine groups is 1. The zero-order valence-corrected chi connectivity index (χ0v) is 26.5. The Hall–Kier alpha value is -3.74. The maximum atomic E-state index is 15.0. The second kappa shape index (κ2) is 11.3. The first-order valence-corrected chi connectivity index (χ1v) is 16.3. The Balaban J connectivity index is 1.56. The molecule has 1 aliphatic carbocycles. The van der Waals surface area contributed by atoms with Crippen LogP contribution in [0, 0.1) is 5.82 Å². The van der Waals surface area contributed by atoms with Crippen molar-refractivity contribution in [1.29, 1.82) is 0 Å². The summed E-state index contributed by atoms with van der Waals surface area (Å²) < 4.78 is 49.1. The molecule has 6 rings (SSSR count). The molecule has 2 fully saturated rings. The van der Waals surface area contributed by atoms with Crippen molar-refractivity contribution in [3.8, 4) is 11.3 Å². The summed E-state index contributed by atoms with van der Waals surface area (Å²) in [6, 6.07) is 12.6. The van der Waals surface area contributed by atoms with Gasteiger partial charge in [0, 0.05) is 37.3 Å². The van der Waals surface area contributed by atoms with Gasteiger partial charge in [-0.05, 0) is 82.1 Å². The lowest BCUT2D eigenvalue weighted by Crippen LogP contribution is -2.60. The van der Waals surface area contributed by atoms with Gasteiger partial charge in [0.05, 0.1) is 22.0 Å². The number of aromatic nitrogens is 1. The number of anilines is 2. The second-order valence-electron chi connectivity index (χ2n) is 12.0. The van der Waals surface area contributed by atoms with Crippen LogP contribution in [-0.2, 0) is 16.8 Å². The van der Waals surface area contributed by atoms with Gasteiger partial charge in [-0.2, -0.15) is 8.42 Å². The van der Waals surface area contributed by atoms with Gasteiger partial charge in [0.2, 0.25) is 0 Å². The zero-order chi connectivity index (χ0) is 31.5. The second-order valence-corrected chi connectivity index (χ2v) is 13.9. The molecule has 1 N–H and O–H groups in total. The molecule has 0 bridgehead atoms. The highest BCUT2D eigenvalue weighted by atomic mass is 35.5. The van der Waals surface area contributed by atoms with Gasteiger partial charge in [-0.25, -0.2) is 18.5 Å². The maximum Gasteiger partial charge on any atom is 0.407 e. The van der Waals surface area contributed by atoms with Gasteiger partial charge < -0.3 is 19.8 Å². The van der Waals surface area contributed by atoms with Gasteiger partial charge >= 0.3 is 16.3 Å². The van der Waals surface area contributed by atoms with Gasteiger partial charge in [0.1, 0.15) is 5.82 Å². The molecule has 3 aromatic rings. The lowest BCUT2D eigenvalue weighted by molar-refractivity contribution is 0.0751. The van der Waals surface area contributed by atoms with Crippen LogP contribution < -0.4 is 4.31 Å². The molecule has 1 saturated carbocycles. The molecule has 3 heterocycles. The minimum Gasteiger partial charge on any atom is -0.465 e. The van der Waals surface area contributed by atoms with E-state index in [0.717, 1.165) is 28.3 Å². The summed E-state index contributed by atoms with van der Waals surface area (Å²) in [5.41, 5.74) is 3.01. The number of amides is 1. The summed E-state index contributed by atoms with van der Waals surface area (Å²) in [5.74, 6) is -0.146. The molecular weight excluding hydrogens is 607 g/mol. The minimum atomic E-state index is -4.41. The van der Waals surface area contributed by atoms with Crippen molar-refractivity contribution >= 4 is 45.2 Å². The van der Waals surface area contributed by atoms with E-state index in [4.69, 9.17) is 16.6 Å². The topological polar surface area (TPSA) is 110 Å². The van der Waals surface area contributed by atoms with Crippen molar-refractivity contribution in [2.75, 3.05) is 31.5 Å². The molecule has 2 aromatic carbocycles. The first-order valence-electron chi connectivity index (χ1n) is 14.5. The molecule has 13 heteroatoms. The van der Waals surface area contributed by atoms with Crippen molar-refractivity contribution in [3.63, 3.8) is 0 Å². The number of nitrogens with zero attached hydrogens (tertiary/aromatic N) is 6. The van der Waals surface area contributed by atoms with Gasteiger partial charge in [0.15, 0.2) is 11.7 Å². The van der Waals surface area contributed by atoms with Gasteiger partial charge in [-0.1, -0.05) is 35.9 Å². The van der Waals surface area contributed by atoms with Crippen LogP contribution in [0.25, 0.3) is 11.3 Å². The Kier molecular flexibility index (Phi) is 7.79. The van der Waals surface area contributed by atoms with Gasteiger partial charge in [-0.3, -0.25) is 0 Å². The van der Waals surface area contributed by atoms with E-state index < -0.39 is 34.2 Å². The number of fused-ring (bicyclic) bond motifs is 1. The van der Waals surface area contributed by atoms with E-state index in [2.05, 4.69) is 4.40 Å². The van der Waals surface area contributed by atoms with Crippen LogP contribution in [0.5, 0.6) is 0 Å². The largest absolute Gasteiger partial charge is 0.465 e. The summed E-state index contributed by atoms with van der Waals surface area (Å²) in [6.45, 7) is 4.64. The first-order chi connectivity index (χ1) is 20.9. The Morgan fingerprint density at radius 3 is 2.45 bits per heavy atom. The molecule has 2 aliphatic heterocycles. The van der Waals surface area contributed by atoms with Crippen LogP contribution in [0.15, 0.2) is 52.9 Å². The Morgan fingerprint density at radius 2 is 1.80 bits per heavy atom. The Bertz CT molecular complexity index is 1780. The highest BCUT2D eigenvalue weighted by Gasteiger charge is 2.43. The Morgan fingerprint density at radius 1 is 1.07 bits per heavy atom. The highest BCUT2D eigenvalue weighted by molar-refractivity contribution is 7.92. The predicted molar refractivity (Wildman–Crippen MR) is 168 cm³/mol. The molecule has 1 amide bonds. The van der Waals surface area contributed by atoms with Crippen molar-refractivity contribution < 1.29 is 22.7 Å². The molecule has 0 spiro atoms. The third-order valence-corrected chi connectivity index (χ3v) is 9.80. The maximum absolute atomic E-state index is 15.0. The number of halogens is 2. The number of carboxylic acid groups (broad SMARTS) is 1. The van der Waals surface area contributed by atoms with E-state index in [1.54, 1.807) is 42.2 Å². The third kappa shape index (κ3) is 5.50. The summed E-state index contributed by atoms with van der Waals surface area (Å²) in [6.07, 6.45) is 0.829. The van der Waals surface area contributed by atoms with Crippen LogP contribution in [-0.4, -0.2) is 84.4 Å². The zero-order valence-electron chi connectivity index (χ0n) is 24.9. The fourth-order valence-electron chi connectivity index (χ4n) is 6.06. The van der Waals surface area contributed by atoms with E-state index in [-0.39, 0.29) is 46.9 Å². The molecule has 10 nitrogen and oxygen atoms in total. The number of benzene rings is 2. The average Bonchev–Trinajstić information content (AvgIpc) is 3.79. The lowest BCUT2D eigenvalue weighted by atomic mass is 10.0. The Labute approximate surface area is 261 Å². The van der Waals surface area contributed by atoms with Crippen molar-refractivity contribution in [2.45, 2.75) is 51.2 Å². The van der Waals surface area contributed by atoms with Crippen LogP contribution in [0.3, 0.4) is 0 Å². The fraction of sp³-hybridized carbons (Fsp3) is 0.387. The molecule has 0 radical (unpaired) electrons. The van der Waals surface area contributed by atoms with Gasteiger partial charge in [-0.15, -0.1) is 4.40 Å². The molecule has 1 saturated heterocycles. The molecule has 2 atom stereocenters. The van der Waals surface area contributed by atoms with E-state index in [9.17, 15) is 18.3 Å². The minimum absolute atomic E-state index is 0.0698. The predicted octanol–water partition coefficient (Wildman–Crippen LogP) is 5.70. The van der Waals surface area contributed by atoms with E-state index in [1.165, 1.54) is 11.0 Å². The van der Waals surface area contributed by atoms with Crippen molar-refractivity contribution in [3.05, 3.63) is 76.1 Å². The molecule has 0 unspecified atom stereocenters. The smallest absolute Gasteiger partial charge is 0.407 e. The number of rotatable bonds is 5. The van der Waals surface area contributed by atoms with Crippen LogP contribution in [0.2, 0.25) is 5.02 Å². The number of hydrogen-bond donors (Lipinski definition) is 1. The lowest BCUT2D eigenvalue weighted by Gasteiger charge is -2.45. The molecule has 3 aliphatic rings. The highest BCUT2D eigenvalue weighted by Crippen LogP contribution is 2.49. The molecule has 1 aromatic heterocycles. The molecule has 44 heavy (non-hydrogen) atoms. The number of piperazine rings is 1. The standard InChI is InChI=1S/C31H34ClFN6O4S/c1-18-16-38(31(40)41)19(2)15-37(18)30-24-14-25(32)28(22-7-5-6-8-26(22)33)34-29(24)39(44(42,43)35-30)27-12-9-20(17-36(3)4)13-23(27)21-10-11-21/h5-9,12-14,18-19,21H,10-11,15-17H2,1-4H3,(H,40,41)/t18-,19+/m0/s1. The third-order valence-electron chi connectivity index (χ3n) is 8.28. The molecular formula is C31H34ClFN6O4S. The SMILES string of the molecule is C[C@@H]1CN(C2=NS(=O)(=O)N(c3ccc(CN(C)C)cc3C3CC3)c3nc(-c4ccccc4F)c(Cl)cc32)[C@@H](C)CN1C(=O)O. The summed E-state index contributed by atoms with van der Waals surface area (Å²) in [7, 11) is -0.456. The molecule has 232 valence electrons. The number of carbonyl (C=O) groups is 1. The summed E-state index contributed by atoms with van der Waals surface area (Å²) >= 11 is 6.77. The number of hydrogen-bond acceptors (Lipinski definition) is 6. The summed E-state index contributed by atoms with van der Waals surface area (Å²) in [4.78, 5) is 21.8. The van der Waals surface area contributed by atoms with E-state index in [1.807, 2.05) is 38.1 Å². The van der Waals surface area contributed by atoms with Crippen molar-refractivity contribution in [2.24, 2.45) is 4.40 Å². The van der Waals surface area contributed by atoms with E-state index in [0.29, 0.717) is 17.8 Å². The quantitative estimate of drug-likeness (QED) is 0.381. The van der Waals surface area contributed by atoms with Crippen molar-refractivity contribution in [1.82, 2.24) is 19.7 Å². The number of pyridine rings is 1. The first kappa shape index (κ1) is 30.3. The van der Waals surface area contributed by atoms with Crippen LogP contribution >= 0.6 is 11.6 Å². The van der Waals surface area contributed by atoms with Gasteiger partial charge in [0.25, 0.3) is 0 Å². The van der Waals surface area contributed by atoms with Crippen LogP contribution in [0.4, 0.5) is 20.7 Å².